The molecule has 0 aliphatic rings. The number of anilines is 1. The van der Waals surface area contributed by atoms with Crippen LogP contribution in [0.25, 0.3) is 0 Å². The van der Waals surface area contributed by atoms with Crippen molar-refractivity contribution in [3.63, 3.8) is 0 Å². The smallest absolute Gasteiger partial charge is 0.259 e. The van der Waals surface area contributed by atoms with Gasteiger partial charge >= 0.3 is 0 Å². The van der Waals surface area contributed by atoms with Gasteiger partial charge in [0, 0.05) is 18.9 Å². The van der Waals surface area contributed by atoms with E-state index in [9.17, 15) is 9.18 Å². The second kappa shape index (κ2) is 5.27. The predicted octanol–water partition coefficient (Wildman–Crippen LogP) is 2.37. The molecule has 0 fully saturated rings. The van der Waals surface area contributed by atoms with Crippen LogP contribution in [0.2, 0.25) is 0 Å². The molecule has 1 amide bonds. The fourth-order valence-electron chi connectivity index (χ4n) is 1.62. The number of pyridine rings is 1. The minimum absolute atomic E-state index is 0.157. The van der Waals surface area contributed by atoms with Crippen molar-refractivity contribution in [2.24, 2.45) is 0 Å². The minimum atomic E-state index is -0.565. The molecule has 1 aromatic heterocycles. The summed E-state index contributed by atoms with van der Waals surface area (Å²) in [5.74, 6) is -0.952. The van der Waals surface area contributed by atoms with Crippen molar-refractivity contribution in [1.29, 1.82) is 5.26 Å². The predicted molar refractivity (Wildman–Crippen MR) is 68.1 cm³/mol. The van der Waals surface area contributed by atoms with Crippen molar-refractivity contribution in [1.82, 2.24) is 4.98 Å². The van der Waals surface area contributed by atoms with Gasteiger partial charge in [0.05, 0.1) is 23.4 Å². The van der Waals surface area contributed by atoms with E-state index in [1.54, 1.807) is 31.3 Å². The van der Waals surface area contributed by atoms with Gasteiger partial charge in [0.1, 0.15) is 5.82 Å². The number of amides is 1. The van der Waals surface area contributed by atoms with Crippen LogP contribution >= 0.6 is 0 Å². The molecular weight excluding hydrogens is 245 g/mol. The molecule has 0 aliphatic heterocycles. The maximum atomic E-state index is 13.0. The van der Waals surface area contributed by atoms with E-state index < -0.39 is 5.82 Å². The number of hydrogen-bond acceptors (Lipinski definition) is 3. The van der Waals surface area contributed by atoms with Gasteiger partial charge in [0.25, 0.3) is 5.91 Å². The van der Waals surface area contributed by atoms with Gasteiger partial charge in [-0.15, -0.1) is 0 Å². The molecule has 1 heterocycles. The van der Waals surface area contributed by atoms with Gasteiger partial charge in [0.15, 0.2) is 0 Å². The molecule has 94 valence electrons. The molecule has 0 N–H and O–H groups in total. The van der Waals surface area contributed by atoms with Crippen LogP contribution in [0, 0.1) is 17.1 Å². The zero-order valence-electron chi connectivity index (χ0n) is 10.2. The molecule has 1 aromatic carbocycles. The fourth-order valence-corrected chi connectivity index (χ4v) is 1.62. The first kappa shape index (κ1) is 12.7. The fraction of sp³-hybridized carbons (Fsp3) is 0.0714. The number of benzene rings is 1. The Labute approximate surface area is 109 Å². The summed E-state index contributed by atoms with van der Waals surface area (Å²) < 4.78 is 13.0. The van der Waals surface area contributed by atoms with Crippen molar-refractivity contribution in [3.8, 4) is 6.07 Å². The summed E-state index contributed by atoms with van der Waals surface area (Å²) in [7, 11) is 1.56. The number of carbonyl (C=O) groups is 1. The molecule has 0 radical (unpaired) electrons. The molecule has 2 rings (SSSR count). The molecule has 0 atom stereocenters. The van der Waals surface area contributed by atoms with Crippen LogP contribution in [0.15, 0.2) is 42.7 Å². The van der Waals surface area contributed by atoms with Gasteiger partial charge in [-0.1, -0.05) is 6.07 Å². The van der Waals surface area contributed by atoms with Crippen LogP contribution in [-0.2, 0) is 0 Å². The molecule has 0 unspecified atom stereocenters. The molecule has 0 aliphatic carbocycles. The zero-order chi connectivity index (χ0) is 13.8. The van der Waals surface area contributed by atoms with Gasteiger partial charge in [-0.05, 0) is 24.3 Å². The lowest BCUT2D eigenvalue weighted by molar-refractivity contribution is 0.0992. The van der Waals surface area contributed by atoms with Crippen LogP contribution in [0.4, 0.5) is 10.1 Å². The van der Waals surface area contributed by atoms with Crippen molar-refractivity contribution >= 4 is 11.6 Å². The molecule has 5 heteroatoms. The quantitative estimate of drug-likeness (QED) is 0.827. The first-order valence-corrected chi connectivity index (χ1v) is 5.50. The number of nitrogens with zero attached hydrogens (tertiary/aromatic N) is 3. The molecule has 0 bridgehead atoms. The van der Waals surface area contributed by atoms with Gasteiger partial charge in [0.2, 0.25) is 0 Å². The van der Waals surface area contributed by atoms with Crippen molar-refractivity contribution in [2.75, 3.05) is 11.9 Å². The van der Waals surface area contributed by atoms with E-state index in [-0.39, 0.29) is 11.5 Å². The van der Waals surface area contributed by atoms with E-state index in [1.807, 2.05) is 6.07 Å². The lowest BCUT2D eigenvalue weighted by Crippen LogP contribution is -2.26. The number of hydrogen-bond donors (Lipinski definition) is 0. The monoisotopic (exact) mass is 255 g/mol. The van der Waals surface area contributed by atoms with E-state index >= 15 is 0 Å². The third-order valence-corrected chi connectivity index (χ3v) is 2.62. The number of aromatic nitrogens is 1. The van der Waals surface area contributed by atoms with E-state index in [0.717, 1.165) is 12.3 Å². The topological polar surface area (TPSA) is 57.0 Å². The Morgan fingerprint density at radius 3 is 2.84 bits per heavy atom. The lowest BCUT2D eigenvalue weighted by Gasteiger charge is -2.17. The average Bonchev–Trinajstić information content (AvgIpc) is 2.45. The van der Waals surface area contributed by atoms with Crippen molar-refractivity contribution in [2.45, 2.75) is 0 Å². The Balaban J connectivity index is 2.31. The Kier molecular flexibility index (Phi) is 3.53. The highest BCUT2D eigenvalue weighted by atomic mass is 19.1. The largest absolute Gasteiger partial charge is 0.311 e. The summed E-state index contributed by atoms with van der Waals surface area (Å²) in [6.45, 7) is 0. The van der Waals surface area contributed by atoms with Crippen molar-refractivity contribution < 1.29 is 9.18 Å². The molecular formula is C14H10FN3O. The van der Waals surface area contributed by atoms with E-state index in [1.165, 1.54) is 11.1 Å². The highest BCUT2D eigenvalue weighted by Gasteiger charge is 2.14. The molecule has 19 heavy (non-hydrogen) atoms. The molecule has 0 saturated heterocycles. The van der Waals surface area contributed by atoms with E-state index in [2.05, 4.69) is 4.98 Å². The molecule has 0 saturated carbocycles. The number of rotatable bonds is 2. The summed E-state index contributed by atoms with van der Waals surface area (Å²) in [5.41, 5.74) is 1.17. The van der Waals surface area contributed by atoms with Gasteiger partial charge in [-0.2, -0.15) is 5.26 Å². The second-order valence-electron chi connectivity index (χ2n) is 3.92. The summed E-state index contributed by atoms with van der Waals surface area (Å²) in [5, 5.41) is 8.82. The van der Waals surface area contributed by atoms with Crippen LogP contribution in [-0.4, -0.2) is 17.9 Å². The highest BCUT2D eigenvalue weighted by Crippen LogP contribution is 2.17. The first-order chi connectivity index (χ1) is 9.11. The average molecular weight is 255 g/mol. The van der Waals surface area contributed by atoms with Crippen LogP contribution in [0.3, 0.4) is 0 Å². The molecule has 4 nitrogen and oxygen atoms in total. The van der Waals surface area contributed by atoms with Gasteiger partial charge in [-0.3, -0.25) is 9.78 Å². The van der Waals surface area contributed by atoms with E-state index in [4.69, 9.17) is 5.26 Å². The zero-order valence-corrected chi connectivity index (χ0v) is 10.2. The summed E-state index contributed by atoms with van der Waals surface area (Å²) >= 11 is 0. The highest BCUT2D eigenvalue weighted by molar-refractivity contribution is 6.05. The van der Waals surface area contributed by atoms with Crippen LogP contribution in [0.5, 0.6) is 0 Å². The van der Waals surface area contributed by atoms with Crippen molar-refractivity contribution in [3.05, 3.63) is 59.7 Å². The SMILES string of the molecule is CN(C(=O)c1cncc(F)c1)c1cccc(C#N)c1. The third kappa shape index (κ3) is 2.75. The minimum Gasteiger partial charge on any atom is -0.311 e. The Bertz CT molecular complexity index is 664. The summed E-state index contributed by atoms with van der Waals surface area (Å²) in [4.78, 5) is 17.1. The first-order valence-electron chi connectivity index (χ1n) is 5.50. The lowest BCUT2D eigenvalue weighted by atomic mass is 10.2. The molecule has 0 spiro atoms. The Hall–Kier alpha value is -2.74. The van der Waals surface area contributed by atoms with Gasteiger partial charge in [-0.25, -0.2) is 4.39 Å². The Morgan fingerprint density at radius 1 is 1.37 bits per heavy atom. The van der Waals surface area contributed by atoms with Gasteiger partial charge < -0.3 is 4.90 Å². The Morgan fingerprint density at radius 2 is 2.16 bits per heavy atom. The normalized spacial score (nSPS) is 9.74. The van der Waals surface area contributed by atoms with E-state index in [0.29, 0.717) is 11.3 Å². The van der Waals surface area contributed by atoms with Crippen LogP contribution < -0.4 is 4.90 Å². The third-order valence-electron chi connectivity index (χ3n) is 2.62. The second-order valence-corrected chi connectivity index (χ2v) is 3.92. The summed E-state index contributed by atoms with van der Waals surface area (Å²) in [6.07, 6.45) is 2.34. The number of halogens is 1. The number of nitriles is 1. The molecule has 2 aromatic rings. The maximum absolute atomic E-state index is 13.0. The number of carbonyl (C=O) groups excluding carboxylic acids is 1. The standard InChI is InChI=1S/C14H10FN3O/c1-18(13-4-2-3-10(5-13)7-16)14(19)11-6-12(15)9-17-8-11/h2-6,8-9H,1H3. The summed E-state index contributed by atoms with van der Waals surface area (Å²) in [6, 6.07) is 9.74. The van der Waals surface area contributed by atoms with Crippen LogP contribution in [0.1, 0.15) is 15.9 Å². The maximum Gasteiger partial charge on any atom is 0.259 e.